The topological polar surface area (TPSA) is 56.0 Å². The van der Waals surface area contributed by atoms with Crippen molar-refractivity contribution in [2.24, 2.45) is 5.92 Å². The molecular weight excluding hydrogens is 164 g/mol. The summed E-state index contributed by atoms with van der Waals surface area (Å²) in [5.74, 6) is 0.686. The molecule has 0 aromatic carbocycles. The van der Waals surface area contributed by atoms with Gasteiger partial charge in [0.15, 0.2) is 0 Å². The van der Waals surface area contributed by atoms with Crippen LogP contribution in [0.3, 0.4) is 0 Å². The predicted octanol–water partition coefficient (Wildman–Crippen LogP) is 1.04. The zero-order chi connectivity index (χ0) is 9.73. The molecule has 2 N–H and O–H groups in total. The van der Waals surface area contributed by atoms with E-state index in [1.807, 2.05) is 0 Å². The summed E-state index contributed by atoms with van der Waals surface area (Å²) in [6.07, 6.45) is 4.18. The molecule has 0 bridgehead atoms. The molecule has 1 rings (SSSR count). The Bertz CT molecular complexity index is 200. The molecule has 1 aliphatic carbocycles. The number of aliphatic hydroxyl groups excluding tert-OH is 1. The lowest BCUT2D eigenvalue weighted by Gasteiger charge is -2.22. The molecule has 1 aliphatic rings. The molecule has 0 aromatic rings. The summed E-state index contributed by atoms with van der Waals surface area (Å²) in [5, 5.41) is 20.9. The van der Waals surface area contributed by atoms with E-state index in [2.05, 4.69) is 18.3 Å². The van der Waals surface area contributed by atoms with Crippen LogP contribution < -0.4 is 5.32 Å². The molecule has 13 heavy (non-hydrogen) atoms. The van der Waals surface area contributed by atoms with E-state index < -0.39 is 0 Å². The van der Waals surface area contributed by atoms with Crippen molar-refractivity contribution in [1.29, 1.82) is 5.26 Å². The van der Waals surface area contributed by atoms with Crippen molar-refractivity contribution < 1.29 is 5.11 Å². The monoisotopic (exact) mass is 182 g/mol. The summed E-state index contributed by atoms with van der Waals surface area (Å²) in [6, 6.07) is 2.35. The van der Waals surface area contributed by atoms with Crippen LogP contribution in [0.4, 0.5) is 0 Å². The van der Waals surface area contributed by atoms with Gasteiger partial charge in [-0.25, -0.2) is 0 Å². The Kier molecular flexibility index (Phi) is 3.71. The third kappa shape index (κ3) is 2.43. The highest BCUT2D eigenvalue weighted by atomic mass is 16.3. The molecule has 0 spiro atoms. The van der Waals surface area contributed by atoms with Crippen molar-refractivity contribution >= 4 is 0 Å². The third-order valence-electron chi connectivity index (χ3n) is 2.98. The Balaban J connectivity index is 2.48. The summed E-state index contributed by atoms with van der Waals surface area (Å²) in [6.45, 7) is 2.81. The van der Waals surface area contributed by atoms with Crippen LogP contribution in [0.1, 0.15) is 32.6 Å². The molecule has 3 heteroatoms. The van der Waals surface area contributed by atoms with Gasteiger partial charge in [-0.2, -0.15) is 5.26 Å². The fraction of sp³-hybridized carbons (Fsp3) is 0.900. The molecule has 1 fully saturated rings. The minimum absolute atomic E-state index is 0.111. The van der Waals surface area contributed by atoms with E-state index in [4.69, 9.17) is 10.4 Å². The fourth-order valence-electron chi connectivity index (χ4n) is 2.09. The number of hydrogen-bond acceptors (Lipinski definition) is 3. The van der Waals surface area contributed by atoms with Crippen LogP contribution in [0.15, 0.2) is 0 Å². The summed E-state index contributed by atoms with van der Waals surface area (Å²) in [7, 11) is 0. The first kappa shape index (κ1) is 10.5. The minimum atomic E-state index is -0.344. The van der Waals surface area contributed by atoms with Crippen LogP contribution in [-0.4, -0.2) is 23.8 Å². The Morgan fingerprint density at radius 1 is 1.69 bits per heavy atom. The molecular formula is C10H18N2O. The Labute approximate surface area is 79.8 Å². The van der Waals surface area contributed by atoms with Gasteiger partial charge in [0.2, 0.25) is 0 Å². The Morgan fingerprint density at radius 2 is 2.46 bits per heavy atom. The highest BCUT2D eigenvalue weighted by molar-refractivity contribution is 5.11. The number of aliphatic hydroxyl groups is 1. The minimum Gasteiger partial charge on any atom is -0.395 e. The van der Waals surface area contributed by atoms with E-state index >= 15 is 0 Å². The largest absolute Gasteiger partial charge is 0.395 e. The zero-order valence-electron chi connectivity index (χ0n) is 8.21. The number of β-amino-alcohol motifs (C(OH)–C–C–N with tert-alkyl or cyclic N) is 1. The van der Waals surface area contributed by atoms with Crippen LogP contribution in [0.2, 0.25) is 0 Å². The summed E-state index contributed by atoms with van der Waals surface area (Å²) in [5.41, 5.74) is -0.344. The van der Waals surface area contributed by atoms with Gasteiger partial charge in [0.1, 0.15) is 5.54 Å². The van der Waals surface area contributed by atoms with Crippen LogP contribution in [0.25, 0.3) is 0 Å². The molecule has 0 aliphatic heterocycles. The molecule has 0 saturated heterocycles. The van der Waals surface area contributed by atoms with Crippen LogP contribution in [0.5, 0.6) is 0 Å². The lowest BCUT2D eigenvalue weighted by atomic mass is 9.97. The normalized spacial score (nSPS) is 33.2. The zero-order valence-corrected chi connectivity index (χ0v) is 8.21. The smallest absolute Gasteiger partial charge is 0.107 e. The standard InChI is InChI=1S/C10H18N2O/c1-2-9-3-4-10(7-9,8-11)12-5-6-13/h9,12-13H,2-7H2,1H3. The molecule has 0 aromatic heterocycles. The highest BCUT2D eigenvalue weighted by Gasteiger charge is 2.37. The molecule has 0 amide bonds. The predicted molar refractivity (Wildman–Crippen MR) is 51.1 cm³/mol. The summed E-state index contributed by atoms with van der Waals surface area (Å²) >= 11 is 0. The Hall–Kier alpha value is -0.590. The second-order valence-electron chi connectivity index (χ2n) is 3.86. The van der Waals surface area contributed by atoms with Crippen molar-refractivity contribution in [2.75, 3.05) is 13.2 Å². The quantitative estimate of drug-likeness (QED) is 0.683. The van der Waals surface area contributed by atoms with E-state index in [-0.39, 0.29) is 12.1 Å². The maximum absolute atomic E-state index is 9.06. The van der Waals surface area contributed by atoms with Crippen molar-refractivity contribution in [1.82, 2.24) is 5.32 Å². The van der Waals surface area contributed by atoms with Gasteiger partial charge in [0.25, 0.3) is 0 Å². The average molecular weight is 182 g/mol. The van der Waals surface area contributed by atoms with E-state index in [1.54, 1.807) is 0 Å². The first-order valence-electron chi connectivity index (χ1n) is 5.03. The van der Waals surface area contributed by atoms with Gasteiger partial charge in [0.05, 0.1) is 12.7 Å². The van der Waals surface area contributed by atoms with Crippen molar-refractivity contribution in [3.63, 3.8) is 0 Å². The molecule has 74 valence electrons. The maximum Gasteiger partial charge on any atom is 0.107 e. The second kappa shape index (κ2) is 4.59. The van der Waals surface area contributed by atoms with Crippen molar-refractivity contribution in [3.8, 4) is 6.07 Å². The number of nitrogens with zero attached hydrogens (tertiary/aromatic N) is 1. The SMILES string of the molecule is CCC1CCC(C#N)(NCCO)C1. The van der Waals surface area contributed by atoms with Crippen LogP contribution >= 0.6 is 0 Å². The Morgan fingerprint density at radius 3 is 2.92 bits per heavy atom. The van der Waals surface area contributed by atoms with Gasteiger partial charge in [-0.05, 0) is 25.2 Å². The van der Waals surface area contributed by atoms with Gasteiger partial charge in [0, 0.05) is 6.54 Å². The first-order valence-corrected chi connectivity index (χ1v) is 5.03. The van der Waals surface area contributed by atoms with Crippen molar-refractivity contribution in [2.45, 2.75) is 38.1 Å². The summed E-state index contributed by atoms with van der Waals surface area (Å²) in [4.78, 5) is 0. The lowest BCUT2D eigenvalue weighted by Crippen LogP contribution is -2.43. The van der Waals surface area contributed by atoms with E-state index in [0.717, 1.165) is 25.7 Å². The van der Waals surface area contributed by atoms with Gasteiger partial charge >= 0.3 is 0 Å². The van der Waals surface area contributed by atoms with Gasteiger partial charge in [-0.1, -0.05) is 13.3 Å². The number of nitriles is 1. The third-order valence-corrected chi connectivity index (χ3v) is 2.98. The highest BCUT2D eigenvalue weighted by Crippen LogP contribution is 2.35. The average Bonchev–Trinajstić information content (AvgIpc) is 2.59. The number of nitrogens with one attached hydrogen (secondary N) is 1. The van der Waals surface area contributed by atoms with Gasteiger partial charge in [-0.3, -0.25) is 5.32 Å². The van der Waals surface area contributed by atoms with E-state index in [1.165, 1.54) is 0 Å². The number of hydrogen-bond donors (Lipinski definition) is 2. The van der Waals surface area contributed by atoms with Gasteiger partial charge in [-0.15, -0.1) is 0 Å². The molecule has 0 radical (unpaired) electrons. The summed E-state index contributed by atoms with van der Waals surface area (Å²) < 4.78 is 0. The fourth-order valence-corrected chi connectivity index (χ4v) is 2.09. The van der Waals surface area contributed by atoms with Gasteiger partial charge < -0.3 is 5.11 Å². The van der Waals surface area contributed by atoms with Crippen molar-refractivity contribution in [3.05, 3.63) is 0 Å². The lowest BCUT2D eigenvalue weighted by molar-refractivity contribution is 0.270. The van der Waals surface area contributed by atoms with E-state index in [0.29, 0.717) is 12.5 Å². The molecule has 2 unspecified atom stereocenters. The first-order chi connectivity index (χ1) is 6.26. The van der Waals surface area contributed by atoms with Crippen LogP contribution in [-0.2, 0) is 0 Å². The molecule has 1 saturated carbocycles. The second-order valence-corrected chi connectivity index (χ2v) is 3.86. The van der Waals surface area contributed by atoms with E-state index in [9.17, 15) is 0 Å². The molecule has 3 nitrogen and oxygen atoms in total. The molecule has 0 heterocycles. The number of rotatable bonds is 4. The van der Waals surface area contributed by atoms with Crippen LogP contribution in [0, 0.1) is 17.2 Å². The molecule has 2 atom stereocenters. The maximum atomic E-state index is 9.06.